The topological polar surface area (TPSA) is 65.0 Å². The molecule has 0 N–H and O–H groups in total. The van der Waals surface area contributed by atoms with Crippen LogP contribution in [0.3, 0.4) is 0 Å². The van der Waals surface area contributed by atoms with E-state index in [1.165, 1.54) is 25.7 Å². The van der Waals surface area contributed by atoms with E-state index >= 15 is 0 Å². The van der Waals surface area contributed by atoms with Gasteiger partial charge in [0.2, 0.25) is 0 Å². The Balaban J connectivity index is 1.07. The molecule has 0 saturated heterocycles. The van der Waals surface area contributed by atoms with Crippen LogP contribution in [0.5, 0.6) is 0 Å². The van der Waals surface area contributed by atoms with Gasteiger partial charge in [-0.1, -0.05) is 97.1 Å². The van der Waals surface area contributed by atoms with E-state index in [0.717, 1.165) is 66.1 Å². The van der Waals surface area contributed by atoms with Crippen LogP contribution in [0.4, 0.5) is 0 Å². The molecule has 0 aliphatic carbocycles. The lowest BCUT2D eigenvalue weighted by Gasteiger charge is -2.08. The van der Waals surface area contributed by atoms with Crippen LogP contribution in [0, 0.1) is 0 Å². The highest BCUT2D eigenvalue weighted by Gasteiger charge is 2.17. The summed E-state index contributed by atoms with van der Waals surface area (Å²) in [5.41, 5.74) is 8.35. The van der Waals surface area contributed by atoms with Crippen LogP contribution in [-0.2, 0) is 0 Å². The summed E-state index contributed by atoms with van der Waals surface area (Å²) in [6.07, 6.45) is 0. The summed E-state index contributed by atoms with van der Waals surface area (Å²) in [5.74, 6) is 1.78. The Morgan fingerprint density at radius 1 is 0.353 bits per heavy atom. The number of thiophene rings is 1. The van der Waals surface area contributed by atoms with Crippen LogP contribution >= 0.6 is 11.3 Å². The van der Waals surface area contributed by atoms with E-state index in [1.54, 1.807) is 0 Å². The summed E-state index contributed by atoms with van der Waals surface area (Å²) in [6, 6.07) is 52.2. The summed E-state index contributed by atoms with van der Waals surface area (Å²) < 4.78 is 15.2. The van der Waals surface area contributed by atoms with E-state index in [0.29, 0.717) is 17.5 Å². The van der Waals surface area contributed by atoms with Crippen LogP contribution in [0.25, 0.3) is 109 Å². The van der Waals surface area contributed by atoms with Crippen molar-refractivity contribution in [2.45, 2.75) is 0 Å². The number of hydrogen-bond acceptors (Lipinski definition) is 6. The van der Waals surface area contributed by atoms with Gasteiger partial charge in [0.05, 0.1) is 0 Å². The number of aromatic nitrogens is 3. The molecule has 11 aromatic rings. The van der Waals surface area contributed by atoms with Gasteiger partial charge in [0.1, 0.15) is 22.3 Å². The lowest BCUT2D eigenvalue weighted by atomic mass is 10.00. The van der Waals surface area contributed by atoms with Crippen molar-refractivity contribution in [3.63, 3.8) is 0 Å². The second-order valence-corrected chi connectivity index (χ2v) is 13.8. The fourth-order valence-corrected chi connectivity index (χ4v) is 8.51. The number of benzene rings is 7. The number of furan rings is 2. The molecule has 0 aliphatic rings. The van der Waals surface area contributed by atoms with Gasteiger partial charge in [0.15, 0.2) is 17.5 Å². The van der Waals surface area contributed by atoms with Crippen LogP contribution in [0.15, 0.2) is 160 Å². The Labute approximate surface area is 295 Å². The Bertz CT molecular complexity index is 3160. The third-order valence-corrected chi connectivity index (χ3v) is 11.0. The van der Waals surface area contributed by atoms with Crippen LogP contribution in [0.2, 0.25) is 0 Å². The predicted molar refractivity (Wildman–Crippen MR) is 209 cm³/mol. The Kier molecular flexibility index (Phi) is 6.05. The first kappa shape index (κ1) is 28.2. The van der Waals surface area contributed by atoms with Crippen molar-refractivity contribution in [3.8, 4) is 45.3 Å². The second-order valence-electron chi connectivity index (χ2n) is 12.8. The number of nitrogens with zero attached hydrogens (tertiary/aromatic N) is 3. The first-order valence-corrected chi connectivity index (χ1v) is 17.7. The van der Waals surface area contributed by atoms with Crippen molar-refractivity contribution in [3.05, 3.63) is 152 Å². The van der Waals surface area contributed by atoms with E-state index < -0.39 is 0 Å². The van der Waals surface area contributed by atoms with Gasteiger partial charge >= 0.3 is 0 Å². The molecule has 0 saturated carbocycles. The average Bonchev–Trinajstić information content (AvgIpc) is 3.88. The number of para-hydroxylation sites is 1. The minimum absolute atomic E-state index is 0.581. The van der Waals surface area contributed by atoms with E-state index in [9.17, 15) is 0 Å². The highest BCUT2D eigenvalue weighted by Crippen LogP contribution is 2.42. The number of rotatable bonds is 4. The Morgan fingerprint density at radius 2 is 0.922 bits per heavy atom. The van der Waals surface area contributed by atoms with Gasteiger partial charge in [-0.15, -0.1) is 11.3 Å². The zero-order valence-electron chi connectivity index (χ0n) is 27.0. The van der Waals surface area contributed by atoms with Crippen molar-refractivity contribution in [1.82, 2.24) is 15.0 Å². The van der Waals surface area contributed by atoms with Gasteiger partial charge in [0, 0.05) is 58.4 Å². The van der Waals surface area contributed by atoms with Gasteiger partial charge in [-0.2, -0.15) is 0 Å². The second kappa shape index (κ2) is 10.9. The third-order valence-electron chi connectivity index (χ3n) is 9.75. The average molecular weight is 672 g/mol. The van der Waals surface area contributed by atoms with Crippen molar-refractivity contribution in [2.24, 2.45) is 0 Å². The zero-order chi connectivity index (χ0) is 33.5. The summed E-state index contributed by atoms with van der Waals surface area (Å²) in [6.45, 7) is 0. The zero-order valence-corrected chi connectivity index (χ0v) is 27.8. The van der Waals surface area contributed by atoms with Crippen LogP contribution < -0.4 is 0 Å². The maximum absolute atomic E-state index is 6.36. The molecule has 238 valence electrons. The fourth-order valence-electron chi connectivity index (χ4n) is 7.27. The van der Waals surface area contributed by atoms with Crippen LogP contribution in [0.1, 0.15) is 0 Å². The maximum atomic E-state index is 6.36. The first-order chi connectivity index (χ1) is 25.2. The van der Waals surface area contributed by atoms with Gasteiger partial charge in [-0.25, -0.2) is 15.0 Å². The van der Waals surface area contributed by atoms with Crippen molar-refractivity contribution >= 4 is 75.4 Å². The molecule has 0 spiro atoms. The third kappa shape index (κ3) is 4.50. The smallest absolute Gasteiger partial charge is 0.164 e. The monoisotopic (exact) mass is 671 g/mol. The van der Waals surface area contributed by atoms with E-state index in [1.807, 2.05) is 78.1 Å². The van der Waals surface area contributed by atoms with Gasteiger partial charge in [0.25, 0.3) is 0 Å². The quantitative estimate of drug-likeness (QED) is 0.186. The molecule has 51 heavy (non-hydrogen) atoms. The minimum atomic E-state index is 0.581. The van der Waals surface area contributed by atoms with E-state index in [4.69, 9.17) is 23.8 Å². The molecule has 7 aromatic carbocycles. The summed E-state index contributed by atoms with van der Waals surface area (Å²) in [7, 11) is 0. The summed E-state index contributed by atoms with van der Waals surface area (Å²) in [5, 5.41) is 6.79. The lowest BCUT2D eigenvalue weighted by Crippen LogP contribution is -2.00. The molecular formula is C45H25N3O2S. The molecule has 0 radical (unpaired) electrons. The largest absolute Gasteiger partial charge is 0.456 e. The molecule has 0 bridgehead atoms. The molecule has 0 aliphatic heterocycles. The highest BCUT2D eigenvalue weighted by molar-refractivity contribution is 7.26. The number of fused-ring (bicyclic) bond motifs is 9. The van der Waals surface area contributed by atoms with Gasteiger partial charge in [-0.05, 0) is 65.7 Å². The normalized spacial score (nSPS) is 11.9. The Hall–Kier alpha value is -6.63. The molecule has 0 fully saturated rings. The van der Waals surface area contributed by atoms with Crippen molar-refractivity contribution in [1.29, 1.82) is 0 Å². The first-order valence-electron chi connectivity index (χ1n) is 16.8. The molecule has 0 atom stereocenters. The highest BCUT2D eigenvalue weighted by atomic mass is 32.1. The molecule has 0 amide bonds. The van der Waals surface area contributed by atoms with E-state index in [-0.39, 0.29) is 0 Å². The molecule has 0 unspecified atom stereocenters. The SMILES string of the molecule is c1ccc(-c2nc(-c3ccc4c(c3)oc3ccccc34)nc(-c3ccc4oc5ccc(-c6cccc7c6sc6ccccc67)cc5c4c3)n2)cc1. The molecular weight excluding hydrogens is 647 g/mol. The maximum Gasteiger partial charge on any atom is 0.164 e. The van der Waals surface area contributed by atoms with Crippen molar-refractivity contribution < 1.29 is 8.83 Å². The summed E-state index contributed by atoms with van der Waals surface area (Å²) >= 11 is 1.84. The molecule has 11 rings (SSSR count). The molecule has 4 aromatic heterocycles. The lowest BCUT2D eigenvalue weighted by molar-refractivity contribution is 0.668. The standard InChI is InChI=1S/C45H25N3O2S/c1-2-9-26(10-3-1)43-46-44(48-45(47-43)29-17-20-32-31-11-4-6-15-37(31)50-40(32)25-29)28-19-22-39-36(24-28)35-23-27(18-21-38(35)49-39)30-13-8-14-34-33-12-5-7-16-41(33)51-42(30)34/h1-25H. The minimum Gasteiger partial charge on any atom is -0.456 e. The summed E-state index contributed by atoms with van der Waals surface area (Å²) in [4.78, 5) is 15.0. The van der Waals surface area contributed by atoms with Gasteiger partial charge < -0.3 is 8.83 Å². The molecule has 4 heterocycles. The van der Waals surface area contributed by atoms with E-state index in [2.05, 4.69) is 84.9 Å². The van der Waals surface area contributed by atoms with Gasteiger partial charge in [-0.3, -0.25) is 0 Å². The fraction of sp³-hybridized carbons (Fsp3) is 0. The predicted octanol–water partition coefficient (Wildman–Crippen LogP) is 12.7. The molecule has 5 nitrogen and oxygen atoms in total. The number of hydrogen-bond donors (Lipinski definition) is 0. The van der Waals surface area contributed by atoms with Crippen molar-refractivity contribution in [2.75, 3.05) is 0 Å². The van der Waals surface area contributed by atoms with Crippen LogP contribution in [-0.4, -0.2) is 15.0 Å². The molecule has 6 heteroatoms. The Morgan fingerprint density at radius 3 is 1.75 bits per heavy atom.